The third-order valence-electron chi connectivity index (χ3n) is 3.25. The van der Waals surface area contributed by atoms with E-state index in [0.717, 1.165) is 5.56 Å². The second kappa shape index (κ2) is 6.24. The molecule has 1 heterocycles. The average molecular weight is 297 g/mol. The molecule has 5 nitrogen and oxygen atoms in total. The van der Waals surface area contributed by atoms with E-state index >= 15 is 0 Å². The van der Waals surface area contributed by atoms with Crippen LogP contribution in [0.2, 0.25) is 5.02 Å². The number of piperidine rings is 1. The molecule has 1 saturated heterocycles. The maximum atomic E-state index is 12.0. The van der Waals surface area contributed by atoms with Crippen LogP contribution in [0.5, 0.6) is 0 Å². The van der Waals surface area contributed by atoms with Crippen LogP contribution in [0.25, 0.3) is 0 Å². The van der Waals surface area contributed by atoms with Gasteiger partial charge in [0.2, 0.25) is 0 Å². The fourth-order valence-corrected chi connectivity index (χ4v) is 2.46. The lowest BCUT2D eigenvalue weighted by atomic mass is 10.1. The van der Waals surface area contributed by atoms with Gasteiger partial charge in [0.25, 0.3) is 0 Å². The number of aliphatic hydroxyl groups is 1. The third kappa shape index (κ3) is 3.49. The lowest BCUT2D eigenvalue weighted by Crippen LogP contribution is -2.46. The van der Waals surface area contributed by atoms with E-state index in [1.54, 1.807) is 18.2 Å². The van der Waals surface area contributed by atoms with Crippen molar-refractivity contribution in [1.82, 2.24) is 4.90 Å². The van der Waals surface area contributed by atoms with Gasteiger partial charge in [0.1, 0.15) is 0 Å². The number of aliphatic hydroxyl groups excluding tert-OH is 1. The molecular formula is C14H17ClN2O3. The Labute approximate surface area is 122 Å². The summed E-state index contributed by atoms with van der Waals surface area (Å²) in [6.07, 6.45) is 0.809. The zero-order chi connectivity index (χ0) is 14.7. The molecule has 1 aliphatic rings. The highest BCUT2D eigenvalue weighted by atomic mass is 35.5. The van der Waals surface area contributed by atoms with E-state index in [0.29, 0.717) is 30.1 Å². The minimum atomic E-state index is -0.732. The molecular weight excluding hydrogens is 280 g/mol. The van der Waals surface area contributed by atoms with Crippen molar-refractivity contribution in [3.63, 3.8) is 0 Å². The van der Waals surface area contributed by atoms with Crippen LogP contribution < -0.4 is 5.32 Å². The number of nitrogens with zero attached hydrogens (tertiary/aromatic N) is 1. The summed E-state index contributed by atoms with van der Waals surface area (Å²) < 4.78 is 0. The lowest BCUT2D eigenvalue weighted by molar-refractivity contribution is -0.145. The molecule has 20 heavy (non-hydrogen) atoms. The molecule has 6 heteroatoms. The van der Waals surface area contributed by atoms with E-state index in [4.69, 9.17) is 11.6 Å². The molecule has 0 aromatic heterocycles. The number of carbonyl (C=O) groups excluding carboxylic acids is 2. The average Bonchev–Trinajstić information content (AvgIpc) is 2.41. The van der Waals surface area contributed by atoms with Gasteiger partial charge in [-0.15, -0.1) is 0 Å². The number of rotatable bonds is 1. The zero-order valence-corrected chi connectivity index (χ0v) is 12.0. The fourth-order valence-electron chi connectivity index (χ4n) is 2.18. The molecule has 1 aliphatic heterocycles. The highest BCUT2D eigenvalue weighted by Gasteiger charge is 2.27. The van der Waals surface area contributed by atoms with Gasteiger partial charge in [-0.2, -0.15) is 0 Å². The predicted octanol–water partition coefficient (Wildman–Crippen LogP) is 1.57. The molecule has 1 atom stereocenters. The van der Waals surface area contributed by atoms with Gasteiger partial charge in [-0.05, 0) is 37.5 Å². The molecule has 1 fully saturated rings. The summed E-state index contributed by atoms with van der Waals surface area (Å²) in [6.45, 7) is 2.58. The van der Waals surface area contributed by atoms with Crippen molar-refractivity contribution in [1.29, 1.82) is 0 Å². The van der Waals surface area contributed by atoms with Crippen LogP contribution in [-0.4, -0.2) is 41.0 Å². The smallest absolute Gasteiger partial charge is 0.313 e. The molecule has 1 unspecified atom stereocenters. The number of amides is 2. The van der Waals surface area contributed by atoms with Crippen LogP contribution in [0.3, 0.4) is 0 Å². The summed E-state index contributed by atoms with van der Waals surface area (Å²) in [6, 6.07) is 5.18. The van der Waals surface area contributed by atoms with Crippen LogP contribution >= 0.6 is 11.6 Å². The molecule has 0 aliphatic carbocycles. The lowest BCUT2D eigenvalue weighted by Gasteiger charge is -2.29. The van der Waals surface area contributed by atoms with Crippen molar-refractivity contribution in [2.45, 2.75) is 25.9 Å². The number of nitrogens with one attached hydrogen (secondary N) is 1. The Balaban J connectivity index is 2.02. The highest BCUT2D eigenvalue weighted by Crippen LogP contribution is 2.22. The molecule has 1 aromatic rings. The predicted molar refractivity (Wildman–Crippen MR) is 76.6 cm³/mol. The van der Waals surface area contributed by atoms with Crippen LogP contribution in [0.1, 0.15) is 18.4 Å². The van der Waals surface area contributed by atoms with Crippen molar-refractivity contribution in [3.05, 3.63) is 28.8 Å². The van der Waals surface area contributed by atoms with Gasteiger partial charge in [0.05, 0.1) is 16.8 Å². The molecule has 0 bridgehead atoms. The summed E-state index contributed by atoms with van der Waals surface area (Å²) in [5.74, 6) is -1.37. The minimum Gasteiger partial charge on any atom is -0.391 e. The first-order valence-corrected chi connectivity index (χ1v) is 6.89. The monoisotopic (exact) mass is 296 g/mol. The quantitative estimate of drug-likeness (QED) is 0.773. The van der Waals surface area contributed by atoms with Crippen molar-refractivity contribution >= 4 is 29.1 Å². The molecule has 2 rings (SSSR count). The van der Waals surface area contributed by atoms with E-state index in [2.05, 4.69) is 5.32 Å². The van der Waals surface area contributed by atoms with Crippen LogP contribution in [0.4, 0.5) is 5.69 Å². The van der Waals surface area contributed by atoms with Gasteiger partial charge < -0.3 is 15.3 Å². The number of carbonyl (C=O) groups is 2. The SMILES string of the molecule is Cc1ccc(NC(=O)C(=O)N2CCCC(O)C2)c(Cl)c1. The van der Waals surface area contributed by atoms with Gasteiger partial charge in [-0.3, -0.25) is 9.59 Å². The zero-order valence-electron chi connectivity index (χ0n) is 11.2. The second-order valence-corrected chi connectivity index (χ2v) is 5.39. The Morgan fingerprint density at radius 2 is 2.20 bits per heavy atom. The fraction of sp³-hybridized carbons (Fsp3) is 0.429. The second-order valence-electron chi connectivity index (χ2n) is 4.98. The van der Waals surface area contributed by atoms with Gasteiger partial charge in [0.15, 0.2) is 0 Å². The Morgan fingerprint density at radius 1 is 1.45 bits per heavy atom. The number of hydrogen-bond acceptors (Lipinski definition) is 3. The number of hydrogen-bond donors (Lipinski definition) is 2. The summed E-state index contributed by atoms with van der Waals surface area (Å²) in [5.41, 5.74) is 1.38. The molecule has 0 saturated carbocycles. The van der Waals surface area contributed by atoms with Crippen molar-refractivity contribution in [2.75, 3.05) is 18.4 Å². The summed E-state index contributed by atoms with van der Waals surface area (Å²) >= 11 is 6.01. The number of likely N-dealkylation sites (tertiary alicyclic amines) is 1. The maximum Gasteiger partial charge on any atom is 0.313 e. The van der Waals surface area contributed by atoms with Crippen molar-refractivity contribution in [2.24, 2.45) is 0 Å². The molecule has 2 amide bonds. The van der Waals surface area contributed by atoms with E-state index in [1.807, 2.05) is 6.92 Å². The van der Waals surface area contributed by atoms with Gasteiger partial charge in [-0.1, -0.05) is 17.7 Å². The topological polar surface area (TPSA) is 69.6 Å². The first-order valence-electron chi connectivity index (χ1n) is 6.52. The minimum absolute atomic E-state index is 0.202. The largest absolute Gasteiger partial charge is 0.391 e. The number of halogens is 1. The molecule has 1 aromatic carbocycles. The first-order chi connectivity index (χ1) is 9.47. The maximum absolute atomic E-state index is 12.0. The normalized spacial score (nSPS) is 18.8. The standard InChI is InChI=1S/C14H17ClN2O3/c1-9-4-5-12(11(15)7-9)16-13(19)14(20)17-6-2-3-10(18)8-17/h4-5,7,10,18H,2-3,6,8H2,1H3,(H,16,19). The number of anilines is 1. The Hall–Kier alpha value is -1.59. The van der Waals surface area contributed by atoms with Crippen molar-refractivity contribution < 1.29 is 14.7 Å². The summed E-state index contributed by atoms with van der Waals surface area (Å²) in [4.78, 5) is 25.3. The van der Waals surface area contributed by atoms with Crippen LogP contribution in [-0.2, 0) is 9.59 Å². The Morgan fingerprint density at radius 3 is 2.85 bits per heavy atom. The third-order valence-corrected chi connectivity index (χ3v) is 3.56. The molecule has 0 radical (unpaired) electrons. The van der Waals surface area contributed by atoms with E-state index in [-0.39, 0.29) is 6.54 Å². The van der Waals surface area contributed by atoms with Crippen LogP contribution in [0.15, 0.2) is 18.2 Å². The van der Waals surface area contributed by atoms with E-state index in [9.17, 15) is 14.7 Å². The van der Waals surface area contributed by atoms with Crippen molar-refractivity contribution in [3.8, 4) is 0 Å². The first kappa shape index (κ1) is 14.8. The molecule has 108 valence electrons. The Kier molecular flexibility index (Phi) is 4.62. The number of aryl methyl sites for hydroxylation is 1. The molecule has 0 spiro atoms. The van der Waals surface area contributed by atoms with Gasteiger partial charge in [0, 0.05) is 13.1 Å². The number of benzene rings is 1. The molecule has 2 N–H and O–H groups in total. The van der Waals surface area contributed by atoms with Crippen LogP contribution in [0, 0.1) is 6.92 Å². The summed E-state index contributed by atoms with van der Waals surface area (Å²) in [7, 11) is 0. The van der Waals surface area contributed by atoms with Gasteiger partial charge in [-0.25, -0.2) is 0 Å². The van der Waals surface area contributed by atoms with E-state index < -0.39 is 17.9 Å². The summed E-state index contributed by atoms with van der Waals surface area (Å²) in [5, 5.41) is 12.4. The number of β-amino-alcohol motifs (C(OH)–C–C–N with tert-alkyl or cyclic N) is 1. The highest BCUT2D eigenvalue weighted by molar-refractivity contribution is 6.41. The Bertz CT molecular complexity index is 533. The van der Waals surface area contributed by atoms with E-state index in [1.165, 1.54) is 4.90 Å². The van der Waals surface area contributed by atoms with Gasteiger partial charge >= 0.3 is 11.8 Å².